The summed E-state index contributed by atoms with van der Waals surface area (Å²) < 4.78 is 0. The Bertz CT molecular complexity index is 748. The largest absolute Gasteiger partial charge is 0.338 e. The van der Waals surface area contributed by atoms with Crippen LogP contribution < -0.4 is 5.32 Å². The molecule has 0 spiro atoms. The minimum atomic E-state index is -0.105. The molecule has 4 heteroatoms. The maximum atomic E-state index is 12.2. The summed E-state index contributed by atoms with van der Waals surface area (Å²) in [6, 6.07) is 15.4. The van der Waals surface area contributed by atoms with Gasteiger partial charge in [-0.05, 0) is 41.8 Å². The molecule has 0 heterocycles. The summed E-state index contributed by atoms with van der Waals surface area (Å²) in [6.45, 7) is 4.09. The molecule has 0 saturated heterocycles. The minimum absolute atomic E-state index is 0.0517. The molecule has 0 radical (unpaired) electrons. The molecule has 2 aromatic rings. The average molecular weight is 322 g/mol. The quantitative estimate of drug-likeness (QED) is 0.855. The van der Waals surface area contributed by atoms with E-state index in [9.17, 15) is 9.59 Å². The van der Waals surface area contributed by atoms with Crippen LogP contribution in [-0.2, 0) is 16.1 Å². The molecule has 2 aromatic carbocycles. The zero-order valence-corrected chi connectivity index (χ0v) is 14.2. The van der Waals surface area contributed by atoms with E-state index in [1.54, 1.807) is 24.1 Å². The van der Waals surface area contributed by atoms with Crippen LogP contribution in [0.3, 0.4) is 0 Å². The Morgan fingerprint density at radius 1 is 1.08 bits per heavy atom. The van der Waals surface area contributed by atoms with Crippen LogP contribution in [0.2, 0.25) is 0 Å². The molecule has 0 unspecified atom stereocenters. The van der Waals surface area contributed by atoms with Crippen LogP contribution in [-0.4, -0.2) is 23.8 Å². The summed E-state index contributed by atoms with van der Waals surface area (Å²) in [6.07, 6.45) is 3.33. The maximum absolute atomic E-state index is 12.2. The fraction of sp³-hybridized carbons (Fsp3) is 0.200. The van der Waals surface area contributed by atoms with Gasteiger partial charge in [0, 0.05) is 32.3 Å². The molecule has 0 aromatic heterocycles. The van der Waals surface area contributed by atoms with E-state index in [-0.39, 0.29) is 11.8 Å². The van der Waals surface area contributed by atoms with E-state index in [0.717, 1.165) is 16.8 Å². The number of hydrogen-bond donors (Lipinski definition) is 1. The van der Waals surface area contributed by atoms with Gasteiger partial charge in [0.25, 0.3) is 0 Å². The minimum Gasteiger partial charge on any atom is -0.338 e. The number of carbonyl (C=O) groups excluding carboxylic acids is 2. The number of benzene rings is 2. The lowest BCUT2D eigenvalue weighted by molar-refractivity contribution is -0.125. The number of anilines is 1. The van der Waals surface area contributed by atoms with Gasteiger partial charge in [-0.3, -0.25) is 9.59 Å². The zero-order valence-electron chi connectivity index (χ0n) is 14.2. The molecule has 0 saturated carbocycles. The van der Waals surface area contributed by atoms with E-state index in [2.05, 4.69) is 5.32 Å². The van der Waals surface area contributed by atoms with Gasteiger partial charge >= 0.3 is 0 Å². The average Bonchev–Trinajstić information content (AvgIpc) is 2.55. The summed E-state index contributed by atoms with van der Waals surface area (Å²) in [5.41, 5.74) is 3.96. The molecule has 1 N–H and O–H groups in total. The van der Waals surface area contributed by atoms with Gasteiger partial charge in [-0.15, -0.1) is 0 Å². The number of amides is 2. The highest BCUT2D eigenvalue weighted by Crippen LogP contribution is 2.12. The second-order valence-electron chi connectivity index (χ2n) is 5.76. The number of nitrogens with one attached hydrogen (secondary N) is 1. The second kappa shape index (κ2) is 8.11. The first-order valence-electron chi connectivity index (χ1n) is 7.81. The van der Waals surface area contributed by atoms with Crippen LogP contribution in [0.15, 0.2) is 54.6 Å². The lowest BCUT2D eigenvalue weighted by atomic mass is 10.1. The van der Waals surface area contributed by atoms with Crippen LogP contribution >= 0.6 is 0 Å². The van der Waals surface area contributed by atoms with Crippen molar-refractivity contribution in [3.05, 3.63) is 71.3 Å². The monoisotopic (exact) mass is 322 g/mol. The fourth-order valence-electron chi connectivity index (χ4n) is 2.30. The van der Waals surface area contributed by atoms with Crippen molar-refractivity contribution in [2.75, 3.05) is 12.4 Å². The van der Waals surface area contributed by atoms with Crippen LogP contribution in [0.5, 0.6) is 0 Å². The molecule has 2 amide bonds. The molecule has 2 rings (SSSR count). The normalized spacial score (nSPS) is 10.6. The molecule has 0 atom stereocenters. The lowest BCUT2D eigenvalue weighted by Crippen LogP contribution is -2.24. The number of likely N-dealkylation sites (N-methyl/N-ethyl adjacent to an activating group) is 1. The summed E-state index contributed by atoms with van der Waals surface area (Å²) >= 11 is 0. The van der Waals surface area contributed by atoms with Crippen molar-refractivity contribution in [1.29, 1.82) is 0 Å². The number of hydrogen-bond acceptors (Lipinski definition) is 2. The van der Waals surface area contributed by atoms with Crippen molar-refractivity contribution in [3.63, 3.8) is 0 Å². The van der Waals surface area contributed by atoms with Crippen molar-refractivity contribution in [1.82, 2.24) is 4.90 Å². The fourth-order valence-corrected chi connectivity index (χ4v) is 2.30. The van der Waals surface area contributed by atoms with Crippen LogP contribution in [0.1, 0.15) is 23.6 Å². The van der Waals surface area contributed by atoms with E-state index in [1.807, 2.05) is 55.5 Å². The molecule has 0 bridgehead atoms. The molecular formula is C20H22N2O2. The second-order valence-corrected chi connectivity index (χ2v) is 5.76. The Balaban J connectivity index is 1.96. The molecule has 0 fully saturated rings. The molecule has 0 aliphatic carbocycles. The Morgan fingerprint density at radius 3 is 2.38 bits per heavy atom. The highest BCUT2D eigenvalue weighted by atomic mass is 16.2. The third kappa shape index (κ3) is 5.09. The Morgan fingerprint density at radius 2 is 1.75 bits per heavy atom. The van der Waals surface area contributed by atoms with Gasteiger partial charge in [0.1, 0.15) is 0 Å². The molecule has 0 aliphatic heterocycles. The van der Waals surface area contributed by atoms with E-state index in [1.165, 1.54) is 12.5 Å². The smallest absolute Gasteiger partial charge is 0.246 e. The molecule has 0 aliphatic rings. The van der Waals surface area contributed by atoms with Crippen LogP contribution in [0, 0.1) is 6.92 Å². The van der Waals surface area contributed by atoms with E-state index < -0.39 is 0 Å². The maximum Gasteiger partial charge on any atom is 0.246 e. The number of carbonyl (C=O) groups is 2. The third-order valence-corrected chi connectivity index (χ3v) is 3.69. The van der Waals surface area contributed by atoms with Crippen molar-refractivity contribution < 1.29 is 9.59 Å². The lowest BCUT2D eigenvalue weighted by Gasteiger charge is -2.16. The van der Waals surface area contributed by atoms with Gasteiger partial charge in [-0.2, -0.15) is 0 Å². The highest BCUT2D eigenvalue weighted by molar-refractivity contribution is 5.92. The summed E-state index contributed by atoms with van der Waals surface area (Å²) in [5, 5.41) is 2.71. The van der Waals surface area contributed by atoms with E-state index >= 15 is 0 Å². The van der Waals surface area contributed by atoms with Gasteiger partial charge in [-0.25, -0.2) is 0 Å². The Kier molecular flexibility index (Phi) is 5.90. The highest BCUT2D eigenvalue weighted by Gasteiger charge is 2.07. The number of rotatable bonds is 5. The van der Waals surface area contributed by atoms with Crippen LogP contribution in [0.4, 0.5) is 5.69 Å². The van der Waals surface area contributed by atoms with Crippen LogP contribution in [0.25, 0.3) is 6.08 Å². The molecule has 4 nitrogen and oxygen atoms in total. The summed E-state index contributed by atoms with van der Waals surface area (Å²) in [7, 11) is 1.79. The van der Waals surface area contributed by atoms with E-state index in [4.69, 9.17) is 0 Å². The first-order chi connectivity index (χ1) is 11.5. The molecular weight excluding hydrogens is 300 g/mol. The van der Waals surface area contributed by atoms with Crippen molar-refractivity contribution in [2.24, 2.45) is 0 Å². The number of aryl methyl sites for hydroxylation is 1. The number of nitrogens with zero attached hydrogens (tertiary/aromatic N) is 1. The molecule has 24 heavy (non-hydrogen) atoms. The van der Waals surface area contributed by atoms with Gasteiger partial charge in [0.2, 0.25) is 11.8 Å². The van der Waals surface area contributed by atoms with E-state index in [0.29, 0.717) is 6.54 Å². The summed E-state index contributed by atoms with van der Waals surface area (Å²) in [5.74, 6) is -0.157. The van der Waals surface area contributed by atoms with Gasteiger partial charge < -0.3 is 10.2 Å². The van der Waals surface area contributed by atoms with Crippen molar-refractivity contribution >= 4 is 23.6 Å². The Labute approximate surface area is 142 Å². The molecule has 124 valence electrons. The van der Waals surface area contributed by atoms with Gasteiger partial charge in [0.05, 0.1) is 0 Å². The first kappa shape index (κ1) is 17.5. The van der Waals surface area contributed by atoms with Gasteiger partial charge in [0.15, 0.2) is 0 Å². The standard InChI is InChI=1S/C20H22N2O2/c1-15-6-4-5-7-18(15)14-22(3)20(24)13-10-17-8-11-19(12-9-17)21-16(2)23/h4-13H,14H2,1-3H3,(H,21,23)/b13-10+. The van der Waals surface area contributed by atoms with Gasteiger partial charge in [-0.1, -0.05) is 36.4 Å². The predicted molar refractivity (Wildman–Crippen MR) is 97.4 cm³/mol. The third-order valence-electron chi connectivity index (χ3n) is 3.69. The first-order valence-corrected chi connectivity index (χ1v) is 7.81. The summed E-state index contributed by atoms with van der Waals surface area (Å²) in [4.78, 5) is 24.9. The Hall–Kier alpha value is -2.88. The topological polar surface area (TPSA) is 49.4 Å². The zero-order chi connectivity index (χ0) is 17.5. The predicted octanol–water partition coefficient (Wildman–Crippen LogP) is 3.63. The van der Waals surface area contributed by atoms with Crippen molar-refractivity contribution in [2.45, 2.75) is 20.4 Å². The van der Waals surface area contributed by atoms with Crippen molar-refractivity contribution in [3.8, 4) is 0 Å². The SMILES string of the molecule is CC(=O)Nc1ccc(/C=C/C(=O)N(C)Cc2ccccc2C)cc1.